The van der Waals surface area contributed by atoms with Gasteiger partial charge >= 0.3 is 0 Å². The SMILES string of the molecule is CN=C(NCCCN1CCCC1C(=O)N(C)C)NCc1ccc(OC)cc1OC. The van der Waals surface area contributed by atoms with E-state index in [2.05, 4.69) is 20.5 Å². The Hall–Kier alpha value is -2.48. The summed E-state index contributed by atoms with van der Waals surface area (Å²) in [5.74, 6) is 2.49. The van der Waals surface area contributed by atoms with Gasteiger partial charge in [-0.15, -0.1) is 0 Å². The molecule has 0 radical (unpaired) electrons. The normalized spacial score (nSPS) is 17.1. The van der Waals surface area contributed by atoms with E-state index in [9.17, 15) is 4.79 Å². The van der Waals surface area contributed by atoms with Gasteiger partial charge in [0.1, 0.15) is 11.5 Å². The summed E-state index contributed by atoms with van der Waals surface area (Å²) < 4.78 is 10.7. The Bertz CT molecular complexity index is 693. The maximum Gasteiger partial charge on any atom is 0.239 e. The van der Waals surface area contributed by atoms with Crippen LogP contribution in [-0.4, -0.2) is 82.7 Å². The molecule has 162 valence electrons. The second-order valence-corrected chi connectivity index (χ2v) is 7.31. The fraction of sp³-hybridized carbons (Fsp3) is 0.619. The van der Waals surface area contributed by atoms with Gasteiger partial charge in [-0.25, -0.2) is 0 Å². The minimum atomic E-state index is 0.0324. The summed E-state index contributed by atoms with van der Waals surface area (Å²) in [6.07, 6.45) is 2.99. The molecule has 8 nitrogen and oxygen atoms in total. The summed E-state index contributed by atoms with van der Waals surface area (Å²) in [5.41, 5.74) is 1.03. The Kier molecular flexibility index (Phi) is 9.05. The molecule has 1 aromatic rings. The number of nitrogens with zero attached hydrogens (tertiary/aromatic N) is 3. The van der Waals surface area contributed by atoms with Gasteiger partial charge in [-0.3, -0.25) is 14.7 Å². The fourth-order valence-corrected chi connectivity index (χ4v) is 3.56. The number of likely N-dealkylation sites (tertiary alicyclic amines) is 1. The highest BCUT2D eigenvalue weighted by Gasteiger charge is 2.30. The maximum atomic E-state index is 12.3. The largest absolute Gasteiger partial charge is 0.497 e. The Morgan fingerprint density at radius 1 is 1.28 bits per heavy atom. The van der Waals surface area contributed by atoms with Gasteiger partial charge in [0.25, 0.3) is 0 Å². The van der Waals surface area contributed by atoms with Gasteiger partial charge in [0.05, 0.1) is 20.3 Å². The lowest BCUT2D eigenvalue weighted by Gasteiger charge is -2.26. The van der Waals surface area contributed by atoms with Gasteiger partial charge in [0.2, 0.25) is 5.91 Å². The topological polar surface area (TPSA) is 78.4 Å². The highest BCUT2D eigenvalue weighted by molar-refractivity contribution is 5.81. The van der Waals surface area contributed by atoms with E-state index in [1.54, 1.807) is 26.2 Å². The van der Waals surface area contributed by atoms with Crippen molar-refractivity contribution in [2.45, 2.75) is 31.8 Å². The molecule has 2 rings (SSSR count). The summed E-state index contributed by atoms with van der Waals surface area (Å²) in [6.45, 7) is 3.28. The van der Waals surface area contributed by atoms with E-state index in [4.69, 9.17) is 9.47 Å². The van der Waals surface area contributed by atoms with E-state index < -0.39 is 0 Å². The molecule has 1 amide bonds. The number of ether oxygens (including phenoxy) is 2. The van der Waals surface area contributed by atoms with Crippen LogP contribution >= 0.6 is 0 Å². The monoisotopic (exact) mass is 405 g/mol. The summed E-state index contributed by atoms with van der Waals surface area (Å²) in [6, 6.07) is 5.80. The molecule has 0 saturated carbocycles. The Morgan fingerprint density at radius 2 is 2.07 bits per heavy atom. The van der Waals surface area contributed by atoms with E-state index in [1.807, 2.05) is 32.3 Å². The molecule has 0 aromatic heterocycles. The van der Waals surface area contributed by atoms with Crippen LogP contribution in [0.15, 0.2) is 23.2 Å². The van der Waals surface area contributed by atoms with Crippen molar-refractivity contribution in [2.24, 2.45) is 4.99 Å². The number of carbonyl (C=O) groups excluding carboxylic acids is 1. The smallest absolute Gasteiger partial charge is 0.239 e. The van der Waals surface area contributed by atoms with Crippen molar-refractivity contribution in [1.29, 1.82) is 0 Å². The quantitative estimate of drug-likeness (QED) is 0.366. The first kappa shape index (κ1) is 22.8. The molecule has 8 heteroatoms. The Balaban J connectivity index is 1.76. The van der Waals surface area contributed by atoms with Crippen molar-refractivity contribution in [2.75, 3.05) is 55.0 Å². The van der Waals surface area contributed by atoms with Gasteiger partial charge in [-0.1, -0.05) is 0 Å². The molecule has 0 aliphatic carbocycles. The molecule has 1 heterocycles. The first-order chi connectivity index (χ1) is 14.0. The molecule has 1 unspecified atom stereocenters. The number of methoxy groups -OCH3 is 2. The van der Waals surface area contributed by atoms with Crippen LogP contribution in [-0.2, 0) is 11.3 Å². The minimum Gasteiger partial charge on any atom is -0.497 e. The predicted molar refractivity (Wildman–Crippen MR) is 116 cm³/mol. The first-order valence-corrected chi connectivity index (χ1v) is 10.1. The second-order valence-electron chi connectivity index (χ2n) is 7.31. The van der Waals surface area contributed by atoms with Crippen LogP contribution in [0.1, 0.15) is 24.8 Å². The van der Waals surface area contributed by atoms with Crippen LogP contribution in [0.4, 0.5) is 0 Å². The number of guanidine groups is 1. The first-order valence-electron chi connectivity index (χ1n) is 10.1. The number of amides is 1. The van der Waals surface area contributed by atoms with Crippen molar-refractivity contribution in [3.05, 3.63) is 23.8 Å². The van der Waals surface area contributed by atoms with Crippen LogP contribution < -0.4 is 20.1 Å². The lowest BCUT2D eigenvalue weighted by Crippen LogP contribution is -2.44. The molecular weight excluding hydrogens is 370 g/mol. The Labute approximate surface area is 174 Å². The lowest BCUT2D eigenvalue weighted by molar-refractivity contribution is -0.133. The number of hydrogen-bond acceptors (Lipinski definition) is 5. The zero-order valence-electron chi connectivity index (χ0n) is 18.3. The molecule has 1 aromatic carbocycles. The molecule has 1 fully saturated rings. The van der Waals surface area contributed by atoms with E-state index in [-0.39, 0.29) is 11.9 Å². The van der Waals surface area contributed by atoms with Gasteiger partial charge < -0.3 is 25.0 Å². The second kappa shape index (κ2) is 11.5. The highest BCUT2D eigenvalue weighted by Crippen LogP contribution is 2.24. The molecule has 1 atom stereocenters. The van der Waals surface area contributed by atoms with Crippen molar-refractivity contribution < 1.29 is 14.3 Å². The van der Waals surface area contributed by atoms with E-state index >= 15 is 0 Å². The summed E-state index contributed by atoms with van der Waals surface area (Å²) >= 11 is 0. The van der Waals surface area contributed by atoms with Crippen molar-refractivity contribution in [1.82, 2.24) is 20.4 Å². The zero-order chi connectivity index (χ0) is 21.2. The Morgan fingerprint density at radius 3 is 2.72 bits per heavy atom. The molecule has 0 bridgehead atoms. The minimum absolute atomic E-state index is 0.0324. The lowest BCUT2D eigenvalue weighted by atomic mass is 10.2. The number of carbonyl (C=O) groups is 1. The standard InChI is InChI=1S/C21H35N5O3/c1-22-21(24-15-16-9-10-17(28-4)14-19(16)29-5)23-11-7-13-26-12-6-8-18(26)20(27)25(2)3/h9-10,14,18H,6-8,11-13,15H2,1-5H3,(H2,22,23,24). The van der Waals surface area contributed by atoms with Crippen LogP contribution in [0.3, 0.4) is 0 Å². The third-order valence-electron chi connectivity index (χ3n) is 5.17. The average molecular weight is 406 g/mol. The van der Waals surface area contributed by atoms with Gasteiger partial charge in [-0.05, 0) is 37.9 Å². The molecule has 1 aliphatic heterocycles. The molecule has 1 saturated heterocycles. The average Bonchev–Trinajstić information content (AvgIpc) is 3.20. The number of benzene rings is 1. The summed E-state index contributed by atoms with van der Waals surface area (Å²) in [5, 5.41) is 6.65. The van der Waals surface area contributed by atoms with Crippen LogP contribution in [0.5, 0.6) is 11.5 Å². The number of nitrogens with one attached hydrogen (secondary N) is 2. The van der Waals surface area contributed by atoms with Gasteiger partial charge in [0.15, 0.2) is 5.96 Å². The van der Waals surface area contributed by atoms with Crippen LogP contribution in [0, 0.1) is 0 Å². The van der Waals surface area contributed by atoms with Crippen LogP contribution in [0.2, 0.25) is 0 Å². The molecule has 29 heavy (non-hydrogen) atoms. The highest BCUT2D eigenvalue weighted by atomic mass is 16.5. The molecule has 1 aliphatic rings. The van der Waals surface area contributed by atoms with Crippen molar-refractivity contribution >= 4 is 11.9 Å². The van der Waals surface area contributed by atoms with Gasteiger partial charge in [0, 0.05) is 52.4 Å². The predicted octanol–water partition coefficient (Wildman–Crippen LogP) is 1.31. The number of likely N-dealkylation sites (N-methyl/N-ethyl adjacent to an activating group) is 1. The fourth-order valence-electron chi connectivity index (χ4n) is 3.56. The summed E-state index contributed by atoms with van der Waals surface area (Å²) in [7, 11) is 8.70. The van der Waals surface area contributed by atoms with Crippen molar-refractivity contribution in [3.8, 4) is 11.5 Å². The number of hydrogen-bond donors (Lipinski definition) is 2. The molecular formula is C21H35N5O3. The van der Waals surface area contributed by atoms with Crippen molar-refractivity contribution in [3.63, 3.8) is 0 Å². The van der Waals surface area contributed by atoms with Crippen LogP contribution in [0.25, 0.3) is 0 Å². The van der Waals surface area contributed by atoms with E-state index in [0.29, 0.717) is 6.54 Å². The third kappa shape index (κ3) is 6.52. The number of aliphatic imine (C=N–C) groups is 1. The number of rotatable bonds is 9. The van der Waals surface area contributed by atoms with E-state index in [0.717, 1.165) is 61.9 Å². The van der Waals surface area contributed by atoms with Gasteiger partial charge in [-0.2, -0.15) is 0 Å². The maximum absolute atomic E-state index is 12.3. The molecule has 0 spiro atoms. The van der Waals surface area contributed by atoms with E-state index in [1.165, 1.54) is 0 Å². The zero-order valence-corrected chi connectivity index (χ0v) is 18.3. The molecule has 2 N–H and O–H groups in total. The third-order valence-corrected chi connectivity index (χ3v) is 5.17. The summed E-state index contributed by atoms with van der Waals surface area (Å²) in [4.78, 5) is 20.5.